The summed E-state index contributed by atoms with van der Waals surface area (Å²) < 4.78 is 4.36. The van der Waals surface area contributed by atoms with E-state index in [2.05, 4.69) is 35.4 Å². The minimum atomic E-state index is -0.550. The highest BCUT2D eigenvalue weighted by Crippen LogP contribution is 2.29. The summed E-state index contributed by atoms with van der Waals surface area (Å²) in [5, 5.41) is 14.5. The Bertz CT molecular complexity index is 391. The number of nitrogens with zero attached hydrogens (tertiary/aromatic N) is 2. The van der Waals surface area contributed by atoms with Crippen molar-refractivity contribution in [3.63, 3.8) is 0 Å². The van der Waals surface area contributed by atoms with Gasteiger partial charge in [0.05, 0.1) is 5.60 Å². The number of anilines is 1. The number of aliphatic hydroxyl groups is 1. The largest absolute Gasteiger partial charge is 0.388 e. The number of nitrogens with one attached hydrogen (secondary N) is 1. The van der Waals surface area contributed by atoms with Crippen molar-refractivity contribution in [1.29, 1.82) is 0 Å². The van der Waals surface area contributed by atoms with E-state index in [1.165, 1.54) is 18.0 Å². The van der Waals surface area contributed by atoms with Gasteiger partial charge in [-0.15, -0.1) is 0 Å². The van der Waals surface area contributed by atoms with Crippen LogP contribution in [-0.2, 0) is 5.41 Å². The van der Waals surface area contributed by atoms with Gasteiger partial charge in [-0.25, -0.2) is 4.98 Å². The number of rotatable bonds is 3. The van der Waals surface area contributed by atoms with Gasteiger partial charge >= 0.3 is 0 Å². The lowest BCUT2D eigenvalue weighted by Gasteiger charge is -2.31. The van der Waals surface area contributed by atoms with Gasteiger partial charge < -0.3 is 10.4 Å². The molecule has 0 atom stereocenters. The summed E-state index contributed by atoms with van der Waals surface area (Å²) in [7, 11) is 0. The molecule has 1 aliphatic carbocycles. The molecule has 0 saturated heterocycles. The molecule has 1 aromatic rings. The predicted octanol–water partition coefficient (Wildman–Crippen LogP) is 2.94. The third kappa shape index (κ3) is 3.42. The molecular formula is C13H23N3OS. The van der Waals surface area contributed by atoms with Crippen LogP contribution in [0.1, 0.15) is 58.7 Å². The van der Waals surface area contributed by atoms with Gasteiger partial charge in [-0.2, -0.15) is 4.37 Å². The third-order valence-corrected chi connectivity index (χ3v) is 4.12. The Kier molecular flexibility index (Phi) is 3.92. The lowest BCUT2D eigenvalue weighted by atomic mass is 9.85. The van der Waals surface area contributed by atoms with Crippen molar-refractivity contribution >= 4 is 16.7 Å². The fraction of sp³-hybridized carbons (Fsp3) is 0.846. The molecule has 0 aromatic carbocycles. The molecule has 5 heteroatoms. The summed E-state index contributed by atoms with van der Waals surface area (Å²) >= 11 is 1.38. The van der Waals surface area contributed by atoms with Crippen LogP contribution in [0.2, 0.25) is 0 Å². The minimum absolute atomic E-state index is 0.0157. The molecule has 0 bridgehead atoms. The van der Waals surface area contributed by atoms with Gasteiger partial charge in [-0.1, -0.05) is 40.0 Å². The molecule has 1 heterocycles. The van der Waals surface area contributed by atoms with Gasteiger partial charge in [-0.3, -0.25) is 0 Å². The molecule has 0 radical (unpaired) electrons. The molecular weight excluding hydrogens is 246 g/mol. The highest BCUT2D eigenvalue weighted by atomic mass is 32.1. The number of hydrogen-bond acceptors (Lipinski definition) is 5. The Morgan fingerprint density at radius 3 is 2.50 bits per heavy atom. The van der Waals surface area contributed by atoms with Crippen molar-refractivity contribution in [1.82, 2.24) is 9.36 Å². The van der Waals surface area contributed by atoms with Crippen LogP contribution in [0.3, 0.4) is 0 Å². The summed E-state index contributed by atoms with van der Waals surface area (Å²) in [5.41, 5.74) is -0.565. The van der Waals surface area contributed by atoms with E-state index < -0.39 is 5.60 Å². The van der Waals surface area contributed by atoms with Crippen LogP contribution in [0.4, 0.5) is 5.13 Å². The molecule has 0 unspecified atom stereocenters. The molecule has 18 heavy (non-hydrogen) atoms. The molecule has 4 nitrogen and oxygen atoms in total. The fourth-order valence-electron chi connectivity index (χ4n) is 2.23. The molecule has 0 spiro atoms. The zero-order valence-electron chi connectivity index (χ0n) is 11.5. The normalized spacial score (nSPS) is 19.8. The zero-order chi connectivity index (χ0) is 13.2. The van der Waals surface area contributed by atoms with E-state index in [-0.39, 0.29) is 5.41 Å². The lowest BCUT2D eigenvalue weighted by Crippen LogP contribution is -2.38. The van der Waals surface area contributed by atoms with E-state index in [0.29, 0.717) is 6.54 Å². The van der Waals surface area contributed by atoms with E-state index >= 15 is 0 Å². The average Bonchev–Trinajstić information content (AvgIpc) is 2.76. The van der Waals surface area contributed by atoms with Gasteiger partial charge in [0.25, 0.3) is 0 Å². The second-order valence-electron chi connectivity index (χ2n) is 6.31. The summed E-state index contributed by atoms with van der Waals surface area (Å²) in [4.78, 5) is 4.48. The first-order valence-corrected chi connectivity index (χ1v) is 7.47. The predicted molar refractivity (Wildman–Crippen MR) is 75.1 cm³/mol. The summed E-state index contributed by atoms with van der Waals surface area (Å²) in [5.74, 6) is 0.866. The maximum atomic E-state index is 10.4. The van der Waals surface area contributed by atoms with Crippen molar-refractivity contribution in [3.8, 4) is 0 Å². The van der Waals surface area contributed by atoms with E-state index in [0.717, 1.165) is 36.6 Å². The van der Waals surface area contributed by atoms with Crippen molar-refractivity contribution in [2.24, 2.45) is 0 Å². The standard InChI is InChI=1S/C13H23N3OS/c1-12(2,3)10-15-11(18-16-10)14-9-13(17)7-5-4-6-8-13/h17H,4-9H2,1-3H3,(H,14,15,16). The topological polar surface area (TPSA) is 58.0 Å². The Morgan fingerprint density at radius 1 is 1.28 bits per heavy atom. The monoisotopic (exact) mass is 269 g/mol. The third-order valence-electron chi connectivity index (χ3n) is 3.45. The Morgan fingerprint density at radius 2 is 1.94 bits per heavy atom. The minimum Gasteiger partial charge on any atom is -0.388 e. The van der Waals surface area contributed by atoms with Crippen LogP contribution in [0.15, 0.2) is 0 Å². The van der Waals surface area contributed by atoms with Crippen molar-refractivity contribution < 1.29 is 5.11 Å². The zero-order valence-corrected chi connectivity index (χ0v) is 12.3. The fourth-order valence-corrected chi connectivity index (χ4v) is 2.98. The van der Waals surface area contributed by atoms with Crippen LogP contribution in [0, 0.1) is 0 Å². The van der Waals surface area contributed by atoms with Crippen LogP contribution in [-0.4, -0.2) is 26.6 Å². The molecule has 2 rings (SSSR count). The maximum absolute atomic E-state index is 10.4. The number of hydrogen-bond donors (Lipinski definition) is 2. The SMILES string of the molecule is CC(C)(C)c1nsc(NCC2(O)CCCCC2)n1. The lowest BCUT2D eigenvalue weighted by molar-refractivity contribution is 0.0167. The summed E-state index contributed by atoms with van der Waals surface area (Å²) in [6.45, 7) is 6.90. The second kappa shape index (κ2) is 5.13. The quantitative estimate of drug-likeness (QED) is 0.886. The Balaban J connectivity index is 1.92. The van der Waals surface area contributed by atoms with Crippen LogP contribution < -0.4 is 5.32 Å². The number of aromatic nitrogens is 2. The molecule has 2 N–H and O–H groups in total. The Labute approximate surface area is 113 Å². The molecule has 1 aliphatic rings. The molecule has 102 valence electrons. The summed E-state index contributed by atoms with van der Waals surface area (Å²) in [6.07, 6.45) is 5.29. The Hall–Kier alpha value is -0.680. The van der Waals surface area contributed by atoms with Gasteiger partial charge in [0.15, 0.2) is 0 Å². The van der Waals surface area contributed by atoms with Gasteiger partial charge in [-0.05, 0) is 12.8 Å². The van der Waals surface area contributed by atoms with E-state index in [1.54, 1.807) is 0 Å². The van der Waals surface area contributed by atoms with E-state index in [1.807, 2.05) is 0 Å². The molecule has 0 amide bonds. The van der Waals surface area contributed by atoms with E-state index in [4.69, 9.17) is 0 Å². The van der Waals surface area contributed by atoms with Crippen LogP contribution >= 0.6 is 11.5 Å². The van der Waals surface area contributed by atoms with Crippen molar-refractivity contribution in [2.45, 2.75) is 63.9 Å². The highest BCUT2D eigenvalue weighted by molar-refractivity contribution is 7.09. The molecule has 1 saturated carbocycles. The molecule has 0 aliphatic heterocycles. The second-order valence-corrected chi connectivity index (χ2v) is 7.06. The van der Waals surface area contributed by atoms with Crippen molar-refractivity contribution in [3.05, 3.63) is 5.82 Å². The van der Waals surface area contributed by atoms with E-state index in [9.17, 15) is 5.11 Å². The molecule has 1 fully saturated rings. The highest BCUT2D eigenvalue weighted by Gasteiger charge is 2.29. The molecule has 1 aromatic heterocycles. The van der Waals surface area contributed by atoms with Crippen molar-refractivity contribution in [2.75, 3.05) is 11.9 Å². The van der Waals surface area contributed by atoms with Crippen LogP contribution in [0.25, 0.3) is 0 Å². The first-order valence-electron chi connectivity index (χ1n) is 6.70. The van der Waals surface area contributed by atoms with Gasteiger partial charge in [0.1, 0.15) is 5.82 Å². The first-order chi connectivity index (χ1) is 8.39. The average molecular weight is 269 g/mol. The van der Waals surface area contributed by atoms with Gasteiger partial charge in [0, 0.05) is 23.5 Å². The smallest absolute Gasteiger partial charge is 0.202 e. The maximum Gasteiger partial charge on any atom is 0.202 e. The summed E-state index contributed by atoms with van der Waals surface area (Å²) in [6, 6.07) is 0. The first kappa shape index (κ1) is 13.7. The van der Waals surface area contributed by atoms with Crippen LogP contribution in [0.5, 0.6) is 0 Å². The van der Waals surface area contributed by atoms with Gasteiger partial charge in [0.2, 0.25) is 5.13 Å².